The highest BCUT2D eigenvalue weighted by molar-refractivity contribution is 6.00. The zero-order chi connectivity index (χ0) is 13.9. The van der Waals surface area contributed by atoms with Crippen molar-refractivity contribution in [2.45, 2.75) is 25.8 Å². The summed E-state index contributed by atoms with van der Waals surface area (Å²) in [5, 5.41) is 4.36. The van der Waals surface area contributed by atoms with Crippen molar-refractivity contribution >= 4 is 23.0 Å². The molecule has 0 bridgehead atoms. The van der Waals surface area contributed by atoms with Crippen LogP contribution in [0.4, 0.5) is 5.82 Å². The van der Waals surface area contributed by atoms with E-state index in [2.05, 4.69) is 15.3 Å². The number of hydrogen-bond donors (Lipinski definition) is 1. The van der Waals surface area contributed by atoms with E-state index in [9.17, 15) is 4.79 Å². The van der Waals surface area contributed by atoms with Crippen LogP contribution >= 0.6 is 0 Å². The van der Waals surface area contributed by atoms with Crippen molar-refractivity contribution in [1.29, 1.82) is 0 Å². The summed E-state index contributed by atoms with van der Waals surface area (Å²) in [4.78, 5) is 19.8. The second-order valence-corrected chi connectivity index (χ2v) is 5.12. The number of nitrogens with zero attached hydrogens (tertiary/aromatic N) is 2. The molecule has 0 atom stereocenters. The fourth-order valence-electron chi connectivity index (χ4n) is 2.59. The number of carbonyl (C=O) groups is 1. The van der Waals surface area contributed by atoms with E-state index in [4.69, 9.17) is 4.74 Å². The van der Waals surface area contributed by atoms with Gasteiger partial charge in [0.2, 0.25) is 0 Å². The maximum Gasteiger partial charge on any atom is 0.152 e. The molecule has 1 N–H and O–H groups in total. The molecule has 0 radical (unpaired) electrons. The first kappa shape index (κ1) is 13.0. The monoisotopic (exact) mass is 271 g/mol. The predicted molar refractivity (Wildman–Crippen MR) is 77.1 cm³/mol. The predicted octanol–water partition coefficient (Wildman–Crippen LogP) is 2.34. The number of aromatic nitrogens is 2. The van der Waals surface area contributed by atoms with Gasteiger partial charge in [0.25, 0.3) is 0 Å². The lowest BCUT2D eigenvalue weighted by Gasteiger charge is -2.24. The van der Waals surface area contributed by atoms with Gasteiger partial charge in [-0.2, -0.15) is 0 Å². The lowest BCUT2D eigenvalue weighted by molar-refractivity contribution is 0.0904. The Morgan fingerprint density at radius 2 is 2.10 bits per heavy atom. The molecule has 0 saturated carbocycles. The number of benzene rings is 1. The normalized spacial score (nSPS) is 16.2. The van der Waals surface area contributed by atoms with Gasteiger partial charge in [0, 0.05) is 30.2 Å². The molecule has 2 heterocycles. The topological polar surface area (TPSA) is 64.1 Å². The van der Waals surface area contributed by atoms with E-state index >= 15 is 0 Å². The molecule has 1 aromatic carbocycles. The SMILES string of the molecule is Cc1cc(C=O)c2ncnc(NC3CCOCC3)c2c1. The Kier molecular flexibility index (Phi) is 3.60. The molecular weight excluding hydrogens is 254 g/mol. The average molecular weight is 271 g/mol. The Hall–Kier alpha value is -2.01. The molecule has 1 fully saturated rings. The fraction of sp³-hybridized carbons (Fsp3) is 0.400. The second kappa shape index (κ2) is 5.54. The molecule has 2 aromatic rings. The Bertz CT molecular complexity index is 636. The molecule has 0 amide bonds. The van der Waals surface area contributed by atoms with Gasteiger partial charge in [-0.1, -0.05) is 0 Å². The quantitative estimate of drug-likeness (QED) is 0.868. The molecule has 3 rings (SSSR count). The summed E-state index contributed by atoms with van der Waals surface area (Å²) in [5.74, 6) is 0.800. The third-order valence-corrected chi connectivity index (χ3v) is 3.60. The summed E-state index contributed by atoms with van der Waals surface area (Å²) in [5.41, 5.74) is 2.34. The van der Waals surface area contributed by atoms with E-state index in [0.29, 0.717) is 17.1 Å². The van der Waals surface area contributed by atoms with Gasteiger partial charge >= 0.3 is 0 Å². The Morgan fingerprint density at radius 3 is 2.85 bits per heavy atom. The van der Waals surface area contributed by atoms with Crippen molar-refractivity contribution in [2.75, 3.05) is 18.5 Å². The van der Waals surface area contributed by atoms with Crippen LogP contribution in [-0.2, 0) is 4.74 Å². The first-order chi connectivity index (χ1) is 9.78. The Balaban J connectivity index is 2.01. The van der Waals surface area contributed by atoms with Crippen molar-refractivity contribution in [2.24, 2.45) is 0 Å². The molecular formula is C15H17N3O2. The highest BCUT2D eigenvalue weighted by Crippen LogP contribution is 2.25. The minimum absolute atomic E-state index is 0.363. The molecule has 0 unspecified atom stereocenters. The molecule has 0 aliphatic carbocycles. The average Bonchev–Trinajstić information content (AvgIpc) is 2.48. The van der Waals surface area contributed by atoms with Crippen LogP contribution in [0.3, 0.4) is 0 Å². The van der Waals surface area contributed by atoms with Crippen molar-refractivity contribution in [3.63, 3.8) is 0 Å². The van der Waals surface area contributed by atoms with Crippen molar-refractivity contribution in [3.05, 3.63) is 29.6 Å². The van der Waals surface area contributed by atoms with Gasteiger partial charge in [-0.3, -0.25) is 4.79 Å². The van der Waals surface area contributed by atoms with Crippen molar-refractivity contribution < 1.29 is 9.53 Å². The molecule has 1 aliphatic heterocycles. The zero-order valence-electron chi connectivity index (χ0n) is 11.4. The minimum atomic E-state index is 0.363. The van der Waals surface area contributed by atoms with Crippen molar-refractivity contribution in [1.82, 2.24) is 9.97 Å². The molecule has 20 heavy (non-hydrogen) atoms. The van der Waals surface area contributed by atoms with Crippen LogP contribution in [0, 0.1) is 6.92 Å². The van der Waals surface area contributed by atoms with Crippen molar-refractivity contribution in [3.8, 4) is 0 Å². The molecule has 5 heteroatoms. The Labute approximate surface area is 117 Å². The van der Waals surface area contributed by atoms with Gasteiger partial charge in [0.15, 0.2) is 6.29 Å². The summed E-state index contributed by atoms with van der Waals surface area (Å²) < 4.78 is 5.36. The third kappa shape index (κ3) is 2.49. The highest BCUT2D eigenvalue weighted by atomic mass is 16.5. The van der Waals surface area contributed by atoms with Crippen LogP contribution in [0.15, 0.2) is 18.5 Å². The molecule has 0 spiro atoms. The number of fused-ring (bicyclic) bond motifs is 1. The zero-order valence-corrected chi connectivity index (χ0v) is 11.4. The maximum atomic E-state index is 11.2. The van der Waals surface area contributed by atoms with E-state index < -0.39 is 0 Å². The van der Waals surface area contributed by atoms with Gasteiger partial charge in [0.1, 0.15) is 12.1 Å². The largest absolute Gasteiger partial charge is 0.381 e. The summed E-state index contributed by atoms with van der Waals surface area (Å²) in [7, 11) is 0. The van der Waals surface area contributed by atoms with Gasteiger partial charge < -0.3 is 10.1 Å². The number of ether oxygens (including phenoxy) is 1. The van der Waals surface area contributed by atoms with E-state index in [1.54, 1.807) is 0 Å². The van der Waals surface area contributed by atoms with E-state index in [1.807, 2.05) is 19.1 Å². The van der Waals surface area contributed by atoms with Crippen LogP contribution in [0.5, 0.6) is 0 Å². The van der Waals surface area contributed by atoms with E-state index in [-0.39, 0.29) is 0 Å². The highest BCUT2D eigenvalue weighted by Gasteiger charge is 2.16. The van der Waals surface area contributed by atoms with Gasteiger partial charge in [-0.05, 0) is 37.5 Å². The number of aryl methyl sites for hydroxylation is 1. The smallest absolute Gasteiger partial charge is 0.152 e. The lowest BCUT2D eigenvalue weighted by atomic mass is 10.1. The number of anilines is 1. The maximum absolute atomic E-state index is 11.2. The summed E-state index contributed by atoms with van der Waals surface area (Å²) in [6, 6.07) is 4.23. The number of rotatable bonds is 3. The minimum Gasteiger partial charge on any atom is -0.381 e. The molecule has 1 aromatic heterocycles. The standard InChI is InChI=1S/C15H17N3O2/c1-10-6-11(8-19)14-13(7-10)15(17-9-16-14)18-12-2-4-20-5-3-12/h6-9,12H,2-5H2,1H3,(H,16,17,18). The van der Waals surface area contributed by atoms with Gasteiger partial charge in [-0.25, -0.2) is 9.97 Å². The summed E-state index contributed by atoms with van der Waals surface area (Å²) >= 11 is 0. The van der Waals surface area contributed by atoms with Crippen LogP contribution in [-0.4, -0.2) is 35.5 Å². The van der Waals surface area contributed by atoms with E-state index in [0.717, 1.165) is 49.1 Å². The second-order valence-electron chi connectivity index (χ2n) is 5.12. The Morgan fingerprint density at radius 1 is 1.30 bits per heavy atom. The number of nitrogens with one attached hydrogen (secondary N) is 1. The molecule has 104 valence electrons. The molecule has 5 nitrogen and oxygen atoms in total. The lowest BCUT2D eigenvalue weighted by Crippen LogP contribution is -2.28. The third-order valence-electron chi connectivity index (χ3n) is 3.60. The molecule has 1 saturated heterocycles. The summed E-state index contributed by atoms with van der Waals surface area (Å²) in [6.07, 6.45) is 4.29. The van der Waals surface area contributed by atoms with Crippen LogP contribution in [0.1, 0.15) is 28.8 Å². The van der Waals surface area contributed by atoms with Crippen LogP contribution in [0.25, 0.3) is 10.9 Å². The van der Waals surface area contributed by atoms with E-state index in [1.165, 1.54) is 6.33 Å². The van der Waals surface area contributed by atoms with Gasteiger partial charge in [0.05, 0.1) is 5.52 Å². The summed E-state index contributed by atoms with van der Waals surface area (Å²) in [6.45, 7) is 3.52. The number of carbonyl (C=O) groups excluding carboxylic acids is 1. The fourth-order valence-corrected chi connectivity index (χ4v) is 2.59. The van der Waals surface area contributed by atoms with Crippen LogP contribution in [0.2, 0.25) is 0 Å². The number of hydrogen-bond acceptors (Lipinski definition) is 5. The number of aldehydes is 1. The first-order valence-corrected chi connectivity index (χ1v) is 6.83. The van der Waals surface area contributed by atoms with Gasteiger partial charge in [-0.15, -0.1) is 0 Å². The first-order valence-electron chi connectivity index (χ1n) is 6.83. The van der Waals surface area contributed by atoms with Crippen LogP contribution < -0.4 is 5.32 Å². The molecule has 1 aliphatic rings.